The van der Waals surface area contributed by atoms with Gasteiger partial charge in [-0.2, -0.15) is 5.10 Å². The van der Waals surface area contributed by atoms with Crippen molar-refractivity contribution in [2.75, 3.05) is 13.1 Å². The Hall–Kier alpha value is -3.32. The summed E-state index contributed by atoms with van der Waals surface area (Å²) >= 11 is 0. The SMILES string of the molecule is C=CCCCn1nc(C(=O)N[C@H](C(=O)NCCCCCCCCCCCCN=[N+]=[N-])C(C)(C)C)c2ccccc21. The lowest BCUT2D eigenvalue weighted by Gasteiger charge is -2.30. The molecule has 1 heterocycles. The van der Waals surface area contributed by atoms with Gasteiger partial charge in [-0.1, -0.05) is 102 Å². The second kappa shape index (κ2) is 18.1. The molecular weight excluding hydrogens is 502 g/mol. The van der Waals surface area contributed by atoms with Gasteiger partial charge in [-0.25, -0.2) is 0 Å². The lowest BCUT2D eigenvalue weighted by molar-refractivity contribution is -0.125. The second-order valence-electron chi connectivity index (χ2n) is 11.6. The van der Waals surface area contributed by atoms with E-state index in [0.29, 0.717) is 25.3 Å². The van der Waals surface area contributed by atoms with Crippen molar-refractivity contribution in [1.82, 2.24) is 20.4 Å². The molecule has 0 bridgehead atoms. The van der Waals surface area contributed by atoms with Crippen LogP contribution in [-0.2, 0) is 11.3 Å². The summed E-state index contributed by atoms with van der Waals surface area (Å²) in [4.78, 5) is 29.3. The molecule has 0 aliphatic heterocycles. The fourth-order valence-corrected chi connectivity index (χ4v) is 4.81. The van der Waals surface area contributed by atoms with Gasteiger partial charge in [-0.05, 0) is 42.7 Å². The van der Waals surface area contributed by atoms with Crippen LogP contribution in [0.3, 0.4) is 0 Å². The van der Waals surface area contributed by atoms with E-state index < -0.39 is 11.5 Å². The summed E-state index contributed by atoms with van der Waals surface area (Å²) in [6, 6.07) is 7.05. The van der Waals surface area contributed by atoms with Gasteiger partial charge < -0.3 is 10.6 Å². The second-order valence-corrected chi connectivity index (χ2v) is 11.6. The number of aromatic nitrogens is 2. The average molecular weight is 552 g/mol. The summed E-state index contributed by atoms with van der Waals surface area (Å²) in [6.45, 7) is 11.6. The van der Waals surface area contributed by atoms with Crippen LogP contribution in [0, 0.1) is 5.41 Å². The van der Waals surface area contributed by atoms with Gasteiger partial charge >= 0.3 is 0 Å². The molecule has 0 aliphatic carbocycles. The van der Waals surface area contributed by atoms with Crippen molar-refractivity contribution in [3.8, 4) is 0 Å². The number of unbranched alkanes of at least 4 members (excludes halogenated alkanes) is 10. The molecule has 0 aliphatic rings. The minimum absolute atomic E-state index is 0.156. The molecule has 2 rings (SSSR count). The molecule has 0 spiro atoms. The maximum Gasteiger partial charge on any atom is 0.273 e. The number of benzene rings is 1. The van der Waals surface area contributed by atoms with Crippen molar-refractivity contribution in [2.45, 2.75) is 110 Å². The molecule has 9 heteroatoms. The molecule has 2 aromatic rings. The van der Waals surface area contributed by atoms with Gasteiger partial charge in [-0.3, -0.25) is 14.3 Å². The largest absolute Gasteiger partial charge is 0.354 e. The van der Waals surface area contributed by atoms with Crippen LogP contribution in [0.25, 0.3) is 21.3 Å². The molecule has 2 N–H and O–H groups in total. The number of nitrogens with zero attached hydrogens (tertiary/aromatic N) is 5. The number of carbonyl (C=O) groups excluding carboxylic acids is 2. The smallest absolute Gasteiger partial charge is 0.273 e. The molecule has 2 amide bonds. The van der Waals surface area contributed by atoms with Crippen molar-refractivity contribution >= 4 is 22.7 Å². The highest BCUT2D eigenvalue weighted by molar-refractivity contribution is 6.06. The molecule has 1 aromatic heterocycles. The van der Waals surface area contributed by atoms with Gasteiger partial charge in [0.2, 0.25) is 5.91 Å². The van der Waals surface area contributed by atoms with E-state index in [1.54, 1.807) is 0 Å². The lowest BCUT2D eigenvalue weighted by Crippen LogP contribution is -2.53. The molecule has 40 heavy (non-hydrogen) atoms. The van der Waals surface area contributed by atoms with Crippen molar-refractivity contribution in [3.63, 3.8) is 0 Å². The lowest BCUT2D eigenvalue weighted by atomic mass is 9.86. The zero-order chi connectivity index (χ0) is 29.2. The molecule has 1 aromatic carbocycles. The van der Waals surface area contributed by atoms with Gasteiger partial charge in [0.05, 0.1) is 5.52 Å². The molecule has 0 unspecified atom stereocenters. The number of nitrogens with one attached hydrogen (secondary N) is 2. The number of rotatable bonds is 20. The highest BCUT2D eigenvalue weighted by atomic mass is 16.2. The maximum atomic E-state index is 13.4. The monoisotopic (exact) mass is 551 g/mol. The first-order chi connectivity index (χ1) is 19.3. The van der Waals surface area contributed by atoms with Gasteiger partial charge in [0, 0.05) is 29.9 Å². The van der Waals surface area contributed by atoms with Gasteiger partial charge in [0.1, 0.15) is 6.04 Å². The predicted octanol–water partition coefficient (Wildman–Crippen LogP) is 7.47. The van der Waals surface area contributed by atoms with Crippen LogP contribution < -0.4 is 10.6 Å². The first-order valence-electron chi connectivity index (χ1n) is 15.0. The van der Waals surface area contributed by atoms with E-state index >= 15 is 0 Å². The van der Waals surface area contributed by atoms with E-state index in [2.05, 4.69) is 32.3 Å². The van der Waals surface area contributed by atoms with Crippen LogP contribution >= 0.6 is 0 Å². The van der Waals surface area contributed by atoms with Crippen LogP contribution in [0.5, 0.6) is 0 Å². The Kier molecular flexibility index (Phi) is 14.9. The Bertz CT molecular complexity index is 1110. The summed E-state index contributed by atoms with van der Waals surface area (Å²) < 4.78 is 1.87. The minimum atomic E-state index is -0.670. The van der Waals surface area contributed by atoms with Gasteiger partial charge in [0.25, 0.3) is 5.91 Å². The molecule has 0 radical (unpaired) electrons. The van der Waals surface area contributed by atoms with Crippen LogP contribution in [-0.4, -0.2) is 40.7 Å². The third-order valence-electron chi connectivity index (χ3n) is 7.10. The number of amides is 2. The summed E-state index contributed by atoms with van der Waals surface area (Å²) in [6.07, 6.45) is 15.1. The first-order valence-corrected chi connectivity index (χ1v) is 15.0. The Morgan fingerprint density at radius 1 is 1.02 bits per heavy atom. The Labute approximate surface area is 239 Å². The average Bonchev–Trinajstić information content (AvgIpc) is 3.30. The number of para-hydroxylation sites is 1. The zero-order valence-electron chi connectivity index (χ0n) is 24.8. The molecule has 220 valence electrons. The van der Waals surface area contributed by atoms with E-state index in [1.165, 1.54) is 32.1 Å². The van der Waals surface area contributed by atoms with Crippen LogP contribution in [0.15, 0.2) is 42.0 Å². The third-order valence-corrected chi connectivity index (χ3v) is 7.10. The number of aryl methyl sites for hydroxylation is 1. The minimum Gasteiger partial charge on any atom is -0.354 e. The summed E-state index contributed by atoms with van der Waals surface area (Å²) in [7, 11) is 0. The van der Waals surface area contributed by atoms with Gasteiger partial charge in [0.15, 0.2) is 5.69 Å². The molecule has 1 atom stereocenters. The first kappa shape index (κ1) is 32.9. The number of carbonyl (C=O) groups is 2. The normalized spacial score (nSPS) is 12.1. The highest BCUT2D eigenvalue weighted by Crippen LogP contribution is 2.23. The summed E-state index contributed by atoms with van der Waals surface area (Å²) in [5.41, 5.74) is 9.08. The topological polar surface area (TPSA) is 125 Å². The van der Waals surface area contributed by atoms with Crippen LogP contribution in [0.2, 0.25) is 0 Å². The molecule has 0 saturated heterocycles. The van der Waals surface area contributed by atoms with Crippen LogP contribution in [0.4, 0.5) is 0 Å². The fourth-order valence-electron chi connectivity index (χ4n) is 4.81. The van der Waals surface area contributed by atoms with Crippen molar-refractivity contribution in [3.05, 3.63) is 53.1 Å². The number of azide groups is 1. The molecule has 0 saturated carbocycles. The van der Waals surface area contributed by atoms with Crippen molar-refractivity contribution in [2.24, 2.45) is 10.5 Å². The Morgan fingerprint density at radius 3 is 2.27 bits per heavy atom. The number of fused-ring (bicyclic) bond motifs is 1. The number of allylic oxidation sites excluding steroid dienone is 1. The van der Waals surface area contributed by atoms with Gasteiger partial charge in [-0.15, -0.1) is 6.58 Å². The Morgan fingerprint density at radius 2 is 1.65 bits per heavy atom. The van der Waals surface area contributed by atoms with E-state index in [-0.39, 0.29) is 11.8 Å². The Balaban J connectivity index is 1.78. The van der Waals surface area contributed by atoms with E-state index in [9.17, 15) is 9.59 Å². The van der Waals surface area contributed by atoms with E-state index in [0.717, 1.165) is 55.8 Å². The van der Waals surface area contributed by atoms with Crippen LogP contribution in [0.1, 0.15) is 108 Å². The predicted molar refractivity (Wildman–Crippen MR) is 163 cm³/mol. The maximum absolute atomic E-state index is 13.4. The fraction of sp³-hybridized carbons (Fsp3) is 0.645. The number of hydrogen-bond donors (Lipinski definition) is 2. The van der Waals surface area contributed by atoms with E-state index in [4.69, 9.17) is 5.53 Å². The number of hydrogen-bond acceptors (Lipinski definition) is 4. The molecule has 0 fully saturated rings. The summed E-state index contributed by atoms with van der Waals surface area (Å²) in [5.74, 6) is -0.486. The van der Waals surface area contributed by atoms with Crippen molar-refractivity contribution < 1.29 is 9.59 Å². The molecule has 9 nitrogen and oxygen atoms in total. The zero-order valence-corrected chi connectivity index (χ0v) is 24.8. The summed E-state index contributed by atoms with van der Waals surface area (Å²) in [5, 5.41) is 15.0. The standard InChI is InChI=1S/C31H49N7O2/c1-5-6-19-24-38-26-21-16-15-20-25(26)27(36-38)29(39)35-28(31(2,3)4)30(40)33-22-17-13-11-9-7-8-10-12-14-18-23-34-37-32/h5,15-16,20-21,28H,1,6-14,17-19,22-24H2,2-4H3,(H,33,40)(H,35,39)/t28-/m1/s1. The third kappa shape index (κ3) is 11.4. The molecular formula is C31H49N7O2. The van der Waals surface area contributed by atoms with Crippen molar-refractivity contribution in [1.29, 1.82) is 0 Å². The highest BCUT2D eigenvalue weighted by Gasteiger charge is 2.33. The van der Waals surface area contributed by atoms with E-state index in [1.807, 2.05) is 55.8 Å². The quantitative estimate of drug-likeness (QED) is 0.0582.